The first-order valence-electron chi connectivity index (χ1n) is 2.79. The Morgan fingerprint density at radius 2 is 2.60 bits per heavy atom. The van der Waals surface area contributed by atoms with Crippen LogP contribution in [0.5, 0.6) is 0 Å². The van der Waals surface area contributed by atoms with Gasteiger partial charge in [0.05, 0.1) is 0 Å². The SMILES string of the molecule is COC(=O)N1C=CC(=[Se])C1. The summed E-state index contributed by atoms with van der Waals surface area (Å²) in [6.45, 7) is 0.604. The molecule has 0 aromatic rings. The summed E-state index contributed by atoms with van der Waals surface area (Å²) in [5, 5.41) is 0. The van der Waals surface area contributed by atoms with E-state index >= 15 is 0 Å². The normalized spacial score (nSPS) is 16.1. The molecule has 0 N–H and O–H groups in total. The van der Waals surface area contributed by atoms with Gasteiger partial charge in [-0.25, -0.2) is 0 Å². The molecule has 0 aromatic heterocycles. The zero-order chi connectivity index (χ0) is 7.56. The van der Waals surface area contributed by atoms with Gasteiger partial charge in [-0.3, -0.25) is 0 Å². The van der Waals surface area contributed by atoms with Gasteiger partial charge in [-0.1, -0.05) is 0 Å². The van der Waals surface area contributed by atoms with E-state index in [2.05, 4.69) is 20.3 Å². The fourth-order valence-electron chi connectivity index (χ4n) is 0.689. The average molecular weight is 204 g/mol. The number of carbonyl (C=O) groups excluding carboxylic acids is 1. The quantitative estimate of drug-likeness (QED) is 0.516. The number of hydrogen-bond acceptors (Lipinski definition) is 2. The summed E-state index contributed by atoms with van der Waals surface area (Å²) in [7, 11) is 1.37. The van der Waals surface area contributed by atoms with Gasteiger partial charge in [0.25, 0.3) is 0 Å². The molecule has 4 heteroatoms. The Balaban J connectivity index is 2.54. The van der Waals surface area contributed by atoms with Crippen LogP contribution in [0.1, 0.15) is 0 Å². The maximum absolute atomic E-state index is 10.8. The Hall–Kier alpha value is -0.601. The number of carbonyl (C=O) groups is 1. The van der Waals surface area contributed by atoms with Gasteiger partial charge >= 0.3 is 66.4 Å². The van der Waals surface area contributed by atoms with Crippen molar-refractivity contribution in [1.29, 1.82) is 0 Å². The second kappa shape index (κ2) is 2.99. The molecule has 54 valence electrons. The minimum absolute atomic E-state index is 0.318. The van der Waals surface area contributed by atoms with Gasteiger partial charge in [-0.05, 0) is 0 Å². The van der Waals surface area contributed by atoms with Gasteiger partial charge in [0, 0.05) is 0 Å². The summed E-state index contributed by atoms with van der Waals surface area (Å²) in [4.78, 5) is 12.3. The van der Waals surface area contributed by atoms with E-state index in [9.17, 15) is 4.79 Å². The first-order valence-corrected chi connectivity index (χ1v) is 3.65. The third kappa shape index (κ3) is 1.46. The van der Waals surface area contributed by atoms with Gasteiger partial charge in [0.15, 0.2) is 0 Å². The molecular weight excluding hydrogens is 197 g/mol. The van der Waals surface area contributed by atoms with Crippen molar-refractivity contribution in [2.75, 3.05) is 13.7 Å². The van der Waals surface area contributed by atoms with Crippen LogP contribution >= 0.6 is 0 Å². The van der Waals surface area contributed by atoms with E-state index < -0.39 is 0 Å². The zero-order valence-corrected chi connectivity index (χ0v) is 7.25. The van der Waals surface area contributed by atoms with Crippen molar-refractivity contribution < 1.29 is 9.53 Å². The Bertz CT molecular complexity index is 200. The van der Waals surface area contributed by atoms with Gasteiger partial charge in [0.2, 0.25) is 0 Å². The molecule has 0 aromatic carbocycles. The van der Waals surface area contributed by atoms with Crippen molar-refractivity contribution >= 4 is 26.1 Å². The van der Waals surface area contributed by atoms with Crippen molar-refractivity contribution in [3.8, 4) is 0 Å². The molecule has 0 aliphatic carbocycles. The molecule has 0 atom stereocenters. The van der Waals surface area contributed by atoms with Crippen LogP contribution < -0.4 is 0 Å². The molecule has 1 heterocycles. The van der Waals surface area contributed by atoms with Crippen LogP contribution in [0.15, 0.2) is 12.3 Å². The Morgan fingerprint density at radius 3 is 3.00 bits per heavy atom. The monoisotopic (exact) mass is 205 g/mol. The summed E-state index contributed by atoms with van der Waals surface area (Å²) < 4.78 is 5.54. The van der Waals surface area contributed by atoms with Crippen LogP contribution in [-0.4, -0.2) is 44.6 Å². The molecule has 0 bridgehead atoms. The van der Waals surface area contributed by atoms with Gasteiger partial charge in [-0.15, -0.1) is 0 Å². The van der Waals surface area contributed by atoms with Crippen LogP contribution in [0.3, 0.4) is 0 Å². The summed E-state index contributed by atoms with van der Waals surface area (Å²) >= 11 is 2.83. The molecular formula is C6H7NO2Se. The molecule has 0 saturated carbocycles. The molecule has 1 amide bonds. The zero-order valence-electron chi connectivity index (χ0n) is 5.53. The van der Waals surface area contributed by atoms with Crippen LogP contribution in [0.4, 0.5) is 4.79 Å². The number of ether oxygens (including phenoxy) is 1. The first kappa shape index (κ1) is 7.51. The number of methoxy groups -OCH3 is 1. The van der Waals surface area contributed by atoms with Gasteiger partial charge in [0.1, 0.15) is 0 Å². The van der Waals surface area contributed by atoms with Crippen molar-refractivity contribution in [3.05, 3.63) is 12.3 Å². The van der Waals surface area contributed by atoms with Crippen LogP contribution in [0.25, 0.3) is 0 Å². The minimum atomic E-state index is -0.318. The molecule has 10 heavy (non-hydrogen) atoms. The Labute approximate surface area is 67.0 Å². The van der Waals surface area contributed by atoms with Crippen molar-refractivity contribution in [3.63, 3.8) is 0 Å². The van der Waals surface area contributed by atoms with Crippen molar-refractivity contribution in [1.82, 2.24) is 4.90 Å². The average Bonchev–Trinajstić information content (AvgIpc) is 2.34. The summed E-state index contributed by atoms with van der Waals surface area (Å²) in [6.07, 6.45) is 3.22. The number of amides is 1. The van der Waals surface area contributed by atoms with Crippen molar-refractivity contribution in [2.24, 2.45) is 0 Å². The third-order valence-corrected chi connectivity index (χ3v) is 1.73. The fourth-order valence-corrected chi connectivity index (χ4v) is 1.11. The van der Waals surface area contributed by atoms with E-state index in [0.29, 0.717) is 6.54 Å². The van der Waals surface area contributed by atoms with Crippen LogP contribution in [-0.2, 0) is 4.74 Å². The standard InChI is InChI=1S/C6H7NO2Se/c1-9-6(8)7-3-2-5(10)4-7/h2-3H,4H2,1H3. The first-order chi connectivity index (χ1) is 4.74. The predicted molar refractivity (Wildman–Crippen MR) is 39.0 cm³/mol. The summed E-state index contributed by atoms with van der Waals surface area (Å²) in [5.41, 5.74) is 0. The van der Waals surface area contributed by atoms with E-state index in [4.69, 9.17) is 0 Å². The van der Waals surface area contributed by atoms with Crippen LogP contribution in [0.2, 0.25) is 0 Å². The van der Waals surface area contributed by atoms with E-state index in [1.54, 1.807) is 6.20 Å². The second-order valence-corrected chi connectivity index (χ2v) is 2.98. The summed E-state index contributed by atoms with van der Waals surface area (Å²) in [5.74, 6) is 0. The number of nitrogens with zero attached hydrogens (tertiary/aromatic N) is 1. The number of hydrogen-bond donors (Lipinski definition) is 0. The molecule has 0 spiro atoms. The third-order valence-electron chi connectivity index (χ3n) is 1.18. The second-order valence-electron chi connectivity index (χ2n) is 1.88. The topological polar surface area (TPSA) is 29.5 Å². The molecule has 1 rings (SSSR count). The fraction of sp³-hybridized carbons (Fsp3) is 0.333. The van der Waals surface area contributed by atoms with E-state index in [0.717, 1.165) is 4.42 Å². The van der Waals surface area contributed by atoms with Gasteiger partial charge < -0.3 is 0 Å². The number of rotatable bonds is 0. The van der Waals surface area contributed by atoms with E-state index in [1.807, 2.05) is 6.08 Å². The van der Waals surface area contributed by atoms with Crippen LogP contribution in [0, 0.1) is 0 Å². The predicted octanol–water partition coefficient (Wildman–Crippen LogP) is -0.0770. The molecule has 3 nitrogen and oxygen atoms in total. The molecule has 0 unspecified atom stereocenters. The van der Waals surface area contributed by atoms with Crippen molar-refractivity contribution in [2.45, 2.75) is 0 Å². The maximum atomic E-state index is 10.8. The van der Waals surface area contributed by atoms with E-state index in [1.165, 1.54) is 12.0 Å². The Morgan fingerprint density at radius 1 is 1.90 bits per heavy atom. The van der Waals surface area contributed by atoms with E-state index in [-0.39, 0.29) is 6.09 Å². The Kier molecular flexibility index (Phi) is 2.25. The molecule has 0 saturated heterocycles. The molecule has 0 fully saturated rings. The molecule has 1 aliphatic rings. The summed E-state index contributed by atoms with van der Waals surface area (Å²) in [6, 6.07) is 0. The van der Waals surface area contributed by atoms with Gasteiger partial charge in [-0.2, -0.15) is 0 Å². The molecule has 1 aliphatic heterocycles. The molecule has 0 radical (unpaired) electrons.